The van der Waals surface area contributed by atoms with Crippen molar-refractivity contribution in [1.82, 2.24) is 0 Å². The molecule has 0 atom stereocenters. The molecule has 0 aromatic rings. The van der Waals surface area contributed by atoms with Crippen molar-refractivity contribution >= 4 is 0 Å². The van der Waals surface area contributed by atoms with Crippen LogP contribution in [0.5, 0.6) is 0 Å². The molecule has 0 aromatic carbocycles. The summed E-state index contributed by atoms with van der Waals surface area (Å²) in [4.78, 5) is 0. The second-order valence-electron chi connectivity index (χ2n) is 0.266. The van der Waals surface area contributed by atoms with Crippen LogP contribution in [0.15, 0.2) is 0 Å². The van der Waals surface area contributed by atoms with Gasteiger partial charge in [0.25, 0.3) is 0 Å². The van der Waals surface area contributed by atoms with Crippen LogP contribution in [-0.4, -0.2) is 0 Å². The van der Waals surface area contributed by atoms with E-state index >= 15 is 0 Å². The minimum absolute atomic E-state index is 0.344. The molecule has 2 nitrogen and oxygen atoms in total. The zero-order valence-corrected chi connectivity index (χ0v) is 6.39. The van der Waals surface area contributed by atoms with E-state index in [-0.39, 0.29) is 18.0 Å². The molecule has 0 aromatic heterocycles. The van der Waals surface area contributed by atoms with Crippen molar-refractivity contribution in [2.75, 3.05) is 0 Å². The van der Waals surface area contributed by atoms with Crippen LogP contribution in [0.1, 0.15) is 0 Å². The van der Waals surface area contributed by atoms with E-state index in [1.54, 1.807) is 9.08 Å². The third kappa shape index (κ3) is 35.1. The fourth-order valence-electron chi connectivity index (χ4n) is 0.0158. The van der Waals surface area contributed by atoms with Gasteiger partial charge in [-0.25, -0.2) is 0 Å². The minimum atomic E-state index is -2.05. The number of hydrogen-bond acceptors (Lipinski definition) is 2. The first-order valence-electron chi connectivity index (χ1n) is 1.00. The van der Waals surface area contributed by atoms with Gasteiger partial charge in [0, 0.05) is 0 Å². The van der Waals surface area contributed by atoms with Gasteiger partial charge in [-0.15, -0.1) is 0 Å². The van der Waals surface area contributed by atoms with Crippen molar-refractivity contribution in [3.63, 3.8) is 0 Å². The van der Waals surface area contributed by atoms with Crippen LogP contribution in [0.25, 0.3) is 0 Å². The summed E-state index contributed by atoms with van der Waals surface area (Å²) < 4.78 is 22.8. The van der Waals surface area contributed by atoms with Crippen LogP contribution in [0.3, 0.4) is 0 Å². The van der Waals surface area contributed by atoms with Crippen LogP contribution >= 0.6 is 0 Å². The Morgan fingerprint density at radius 3 is 1.38 bits per heavy atom. The van der Waals surface area contributed by atoms with Crippen molar-refractivity contribution in [2.45, 2.75) is 0 Å². The van der Waals surface area contributed by atoms with E-state index in [1.807, 2.05) is 0 Å². The predicted octanol–water partition coefficient (Wildman–Crippen LogP) is 0.869. The molecule has 0 aliphatic carbocycles. The van der Waals surface area contributed by atoms with Crippen LogP contribution in [0.4, 0.5) is 6.45 Å². The van der Waals surface area contributed by atoms with Crippen LogP contribution in [0.2, 0.25) is 0 Å². The van der Waals surface area contributed by atoms with Gasteiger partial charge in [-0.1, -0.05) is 0 Å². The summed E-state index contributed by atoms with van der Waals surface area (Å²) in [7, 11) is 0. The first kappa shape index (κ1) is 11.0. The summed E-state index contributed by atoms with van der Waals surface area (Å²) in [6, 6.07) is 0. The fraction of sp³-hybridized carbons (Fsp3) is 0. The van der Waals surface area contributed by atoms with Gasteiger partial charge in [0.05, 0.1) is 0 Å². The third-order valence-corrected chi connectivity index (χ3v) is 0.418. The molecule has 0 spiro atoms. The van der Waals surface area contributed by atoms with Gasteiger partial charge in [-0.3, -0.25) is 0 Å². The molecule has 0 fully saturated rings. The molecule has 0 amide bonds. The monoisotopic (exact) mass is 302 g/mol. The Hall–Kier alpha value is 0.165. The Labute approximate surface area is 63.0 Å². The molecule has 8 heavy (non-hydrogen) atoms. The molecule has 6 heteroatoms. The first-order chi connectivity index (χ1) is 3.83. The van der Waals surface area contributed by atoms with E-state index in [9.17, 15) is 6.45 Å². The zero-order valence-electron chi connectivity index (χ0n) is 3.28. The Morgan fingerprint density at radius 1 is 1.12 bits per heavy atom. The average molecular weight is 303 g/mol. The van der Waals surface area contributed by atoms with Crippen molar-refractivity contribution in [2.24, 2.45) is 0 Å². The molecule has 0 aliphatic heterocycles. The number of rotatable bonds is 0. The summed E-state index contributed by atoms with van der Waals surface area (Å²) in [6.07, 6.45) is 0. The van der Waals surface area contributed by atoms with E-state index < -0.39 is 19.0 Å². The summed E-state index contributed by atoms with van der Waals surface area (Å²) in [5.41, 5.74) is 0. The van der Waals surface area contributed by atoms with Crippen LogP contribution < -0.4 is 0 Å². The van der Waals surface area contributed by atoms with Crippen molar-refractivity contribution < 1.29 is 43.4 Å². The van der Waals surface area contributed by atoms with Gasteiger partial charge < -0.3 is 0 Å². The second-order valence-corrected chi connectivity index (χ2v) is 1.57. The Bertz CT molecular complexity index is 91.6. The topological polar surface area (TPSA) is 47.6 Å². The number of nitriles is 2. The Morgan fingerprint density at radius 2 is 1.38 bits per heavy atom. The molecular formula is C2F2N2Pd2. The normalized spacial score (nSPS) is 6.00. The van der Waals surface area contributed by atoms with Crippen LogP contribution in [0, 0.1) is 19.6 Å². The van der Waals surface area contributed by atoms with E-state index in [0.717, 1.165) is 0 Å². The summed E-state index contributed by atoms with van der Waals surface area (Å²) >= 11 is -2.39. The summed E-state index contributed by atoms with van der Waals surface area (Å²) in [6.45, 7) is 0. The predicted molar refractivity (Wildman–Crippen MR) is 13.4 cm³/mol. The van der Waals surface area contributed by atoms with E-state index in [2.05, 4.69) is 0 Å². The van der Waals surface area contributed by atoms with E-state index in [4.69, 9.17) is 10.5 Å². The van der Waals surface area contributed by atoms with Crippen molar-refractivity contribution in [1.29, 1.82) is 10.5 Å². The summed E-state index contributed by atoms with van der Waals surface area (Å²) in [5, 5.41) is 15.2. The molecule has 0 unspecified atom stereocenters. The molecule has 0 bridgehead atoms. The quantitative estimate of drug-likeness (QED) is 0.623. The standard InChI is InChI=1S/2CN.2FH.2Pd/c2*1-2;;;;/h;;2*1H;;/q;;;;;+2/p-2. The van der Waals surface area contributed by atoms with E-state index in [1.165, 1.54) is 0 Å². The molecule has 0 saturated carbocycles. The van der Waals surface area contributed by atoms with Gasteiger partial charge in [-0.05, 0) is 0 Å². The molecule has 52 valence electrons. The van der Waals surface area contributed by atoms with Crippen molar-refractivity contribution in [3.8, 4) is 9.08 Å². The zero-order chi connectivity index (χ0) is 6.83. The van der Waals surface area contributed by atoms with Crippen molar-refractivity contribution in [3.05, 3.63) is 0 Å². The number of nitrogens with zero attached hydrogens (tertiary/aromatic N) is 2. The van der Waals surface area contributed by atoms with Gasteiger partial charge in [0.15, 0.2) is 0 Å². The third-order valence-electron chi connectivity index (χ3n) is 0.0707. The molecule has 0 radical (unpaired) electrons. The maximum atomic E-state index is 9.68. The number of halogens is 2. The molecule has 0 aliphatic rings. The molecule has 0 heterocycles. The van der Waals surface area contributed by atoms with Gasteiger partial charge in [0.1, 0.15) is 0 Å². The van der Waals surface area contributed by atoms with Gasteiger partial charge in [0.2, 0.25) is 0 Å². The van der Waals surface area contributed by atoms with Crippen LogP contribution in [-0.2, 0) is 37.0 Å². The van der Waals surface area contributed by atoms with Gasteiger partial charge in [-0.2, -0.15) is 0 Å². The molecule has 0 saturated heterocycles. The second kappa shape index (κ2) is 15.7. The SMILES string of the molecule is N#[C][Pd][C]#N.[F][Pd][F]. The average Bonchev–Trinajstić information content (AvgIpc) is 1.71. The fourth-order valence-corrected chi connectivity index (χ4v) is 0.0935. The van der Waals surface area contributed by atoms with E-state index in [0.29, 0.717) is 0 Å². The maximum absolute atomic E-state index is 9.68. The Kier molecular flexibility index (Phi) is 21.6. The van der Waals surface area contributed by atoms with Gasteiger partial charge >= 0.3 is 63.0 Å². The molecular weight excluding hydrogens is 303 g/mol. The summed E-state index contributed by atoms with van der Waals surface area (Å²) in [5.74, 6) is 0. The Balaban J connectivity index is 0. The first-order valence-corrected chi connectivity index (χ1v) is 3.73. The molecule has 0 N–H and O–H groups in total. The molecule has 0 rings (SSSR count). The number of hydrogen-bond donors (Lipinski definition) is 0.